The SMILES string of the molecule is CC(C)(C)OC(=O)N(CC(F)(F)F)c1cnc(Cl)c2[nH]ccc12. The molecule has 2 aromatic heterocycles. The van der Waals surface area contributed by atoms with E-state index in [9.17, 15) is 18.0 Å². The number of fused-ring (bicyclic) bond motifs is 1. The summed E-state index contributed by atoms with van der Waals surface area (Å²) in [6.07, 6.45) is -3.09. The number of halogens is 4. The maximum absolute atomic E-state index is 12.9. The Hall–Kier alpha value is -1.96. The number of aromatic amines is 1. The fraction of sp³-hybridized carbons (Fsp3) is 0.429. The monoisotopic (exact) mass is 349 g/mol. The highest BCUT2D eigenvalue weighted by atomic mass is 35.5. The molecular formula is C14H15ClF3N3O2. The summed E-state index contributed by atoms with van der Waals surface area (Å²) in [4.78, 5) is 19.3. The largest absolute Gasteiger partial charge is 0.443 e. The first kappa shape index (κ1) is 17.4. The van der Waals surface area contributed by atoms with Crippen LogP contribution in [0.1, 0.15) is 20.8 Å². The number of hydrogen-bond acceptors (Lipinski definition) is 3. The number of hydrogen-bond donors (Lipinski definition) is 1. The standard InChI is InChI=1S/C14H15ClF3N3O2/c1-13(2,3)23-12(22)21(7-14(16,17)18)9-6-20-11(15)10-8(9)4-5-19-10/h4-6,19H,7H2,1-3H3. The van der Waals surface area contributed by atoms with Crippen molar-refractivity contribution in [2.24, 2.45) is 0 Å². The number of amides is 1. The minimum absolute atomic E-state index is 0.0303. The Morgan fingerprint density at radius 3 is 2.61 bits per heavy atom. The Kier molecular flexibility index (Phi) is 4.48. The molecule has 0 aliphatic rings. The molecule has 23 heavy (non-hydrogen) atoms. The van der Waals surface area contributed by atoms with Crippen LogP contribution in [0.2, 0.25) is 5.15 Å². The number of aromatic nitrogens is 2. The Morgan fingerprint density at radius 2 is 2.04 bits per heavy atom. The molecule has 126 valence electrons. The molecule has 9 heteroatoms. The lowest BCUT2D eigenvalue weighted by atomic mass is 10.2. The molecule has 0 aliphatic carbocycles. The van der Waals surface area contributed by atoms with Gasteiger partial charge in [0.15, 0.2) is 5.15 Å². The summed E-state index contributed by atoms with van der Waals surface area (Å²) in [7, 11) is 0. The molecule has 0 unspecified atom stereocenters. The van der Waals surface area contributed by atoms with Gasteiger partial charge in [-0.05, 0) is 26.8 Å². The predicted molar refractivity (Wildman–Crippen MR) is 80.7 cm³/mol. The molecule has 0 saturated carbocycles. The first-order valence-electron chi connectivity index (χ1n) is 6.67. The number of carbonyl (C=O) groups excluding carboxylic acids is 1. The van der Waals surface area contributed by atoms with Gasteiger partial charge in [0.05, 0.1) is 17.4 Å². The smallest absolute Gasteiger partial charge is 0.415 e. The Balaban J connectivity index is 2.50. The van der Waals surface area contributed by atoms with E-state index in [2.05, 4.69) is 9.97 Å². The highest BCUT2D eigenvalue weighted by Crippen LogP contribution is 2.32. The third kappa shape index (κ3) is 4.28. The van der Waals surface area contributed by atoms with Crippen molar-refractivity contribution >= 4 is 34.3 Å². The lowest BCUT2D eigenvalue weighted by Gasteiger charge is -2.28. The zero-order valence-electron chi connectivity index (χ0n) is 12.7. The molecule has 0 fully saturated rings. The van der Waals surface area contributed by atoms with Crippen LogP contribution in [-0.4, -0.2) is 34.4 Å². The number of H-pyrrole nitrogens is 1. The summed E-state index contributed by atoms with van der Waals surface area (Å²) in [5.74, 6) is 0. The van der Waals surface area contributed by atoms with E-state index in [1.165, 1.54) is 12.3 Å². The van der Waals surface area contributed by atoms with Crippen molar-refractivity contribution in [1.29, 1.82) is 0 Å². The molecule has 0 atom stereocenters. The molecule has 2 rings (SSSR count). The van der Waals surface area contributed by atoms with E-state index >= 15 is 0 Å². The van der Waals surface area contributed by atoms with Crippen molar-refractivity contribution in [3.8, 4) is 0 Å². The highest BCUT2D eigenvalue weighted by Gasteiger charge is 2.36. The second-order valence-corrected chi connectivity index (χ2v) is 6.24. The van der Waals surface area contributed by atoms with Gasteiger partial charge in [0.1, 0.15) is 12.1 Å². The molecule has 0 saturated heterocycles. The fourth-order valence-corrected chi connectivity index (χ4v) is 2.17. The first-order chi connectivity index (χ1) is 10.5. The van der Waals surface area contributed by atoms with Crippen LogP contribution in [-0.2, 0) is 4.74 Å². The van der Waals surface area contributed by atoms with Crippen LogP contribution in [0.3, 0.4) is 0 Å². The number of carbonyl (C=O) groups is 1. The number of rotatable bonds is 2. The molecule has 0 bridgehead atoms. The third-order valence-electron chi connectivity index (χ3n) is 2.77. The zero-order valence-corrected chi connectivity index (χ0v) is 13.4. The summed E-state index contributed by atoms with van der Waals surface area (Å²) >= 11 is 5.89. The quantitative estimate of drug-likeness (QED) is 0.811. The predicted octanol–water partition coefficient (Wildman–Crippen LogP) is 4.52. The van der Waals surface area contributed by atoms with Gasteiger partial charge in [0.2, 0.25) is 0 Å². The molecule has 0 aliphatic heterocycles. The molecule has 0 spiro atoms. The number of anilines is 1. The zero-order chi connectivity index (χ0) is 17.4. The second-order valence-electron chi connectivity index (χ2n) is 5.88. The van der Waals surface area contributed by atoms with Gasteiger partial charge in [-0.25, -0.2) is 9.78 Å². The van der Waals surface area contributed by atoms with Gasteiger partial charge >= 0.3 is 12.3 Å². The molecule has 0 radical (unpaired) electrons. The van der Waals surface area contributed by atoms with E-state index < -0.39 is 24.4 Å². The van der Waals surface area contributed by atoms with Crippen molar-refractivity contribution in [3.63, 3.8) is 0 Å². The van der Waals surface area contributed by atoms with E-state index in [-0.39, 0.29) is 10.8 Å². The minimum atomic E-state index is -4.60. The van der Waals surface area contributed by atoms with Crippen molar-refractivity contribution in [2.75, 3.05) is 11.4 Å². The molecule has 0 aromatic carbocycles. The van der Waals surface area contributed by atoms with E-state index in [1.54, 1.807) is 20.8 Å². The molecular weight excluding hydrogens is 335 g/mol. The normalized spacial score (nSPS) is 12.5. The van der Waals surface area contributed by atoms with E-state index in [0.717, 1.165) is 6.20 Å². The van der Waals surface area contributed by atoms with Gasteiger partial charge in [-0.2, -0.15) is 13.2 Å². The van der Waals surface area contributed by atoms with Crippen LogP contribution in [0.5, 0.6) is 0 Å². The molecule has 1 amide bonds. The minimum Gasteiger partial charge on any atom is -0.443 e. The molecule has 2 aromatic rings. The number of pyridine rings is 1. The van der Waals surface area contributed by atoms with Crippen LogP contribution >= 0.6 is 11.6 Å². The summed E-state index contributed by atoms with van der Waals surface area (Å²) < 4.78 is 43.7. The first-order valence-corrected chi connectivity index (χ1v) is 7.04. The Bertz CT molecular complexity index is 722. The van der Waals surface area contributed by atoms with Gasteiger partial charge in [-0.15, -0.1) is 0 Å². The maximum Gasteiger partial charge on any atom is 0.415 e. The molecule has 1 N–H and O–H groups in total. The number of nitrogens with one attached hydrogen (secondary N) is 1. The summed E-state index contributed by atoms with van der Waals surface area (Å²) in [6.45, 7) is 3.22. The average Bonchev–Trinajstić information content (AvgIpc) is 2.83. The number of nitrogens with zero attached hydrogens (tertiary/aromatic N) is 2. The van der Waals surface area contributed by atoms with E-state index in [4.69, 9.17) is 16.3 Å². The van der Waals surface area contributed by atoms with Gasteiger partial charge in [-0.1, -0.05) is 11.6 Å². The van der Waals surface area contributed by atoms with Crippen molar-refractivity contribution in [2.45, 2.75) is 32.5 Å². The van der Waals surface area contributed by atoms with Crippen LogP contribution in [0, 0.1) is 0 Å². The number of alkyl halides is 3. The topological polar surface area (TPSA) is 58.2 Å². The van der Waals surface area contributed by atoms with Crippen molar-refractivity contribution < 1.29 is 22.7 Å². The maximum atomic E-state index is 12.9. The summed E-state index contributed by atoms with van der Waals surface area (Å²) in [5, 5.41) is 0.449. The van der Waals surface area contributed by atoms with Gasteiger partial charge in [0, 0.05) is 11.6 Å². The van der Waals surface area contributed by atoms with Crippen LogP contribution in [0.15, 0.2) is 18.5 Å². The fourth-order valence-electron chi connectivity index (χ4n) is 1.96. The van der Waals surface area contributed by atoms with Crippen molar-refractivity contribution in [1.82, 2.24) is 9.97 Å². The average molecular weight is 350 g/mol. The van der Waals surface area contributed by atoms with Crippen LogP contribution in [0.25, 0.3) is 10.9 Å². The van der Waals surface area contributed by atoms with E-state index in [1.807, 2.05) is 0 Å². The Labute approximate surface area is 135 Å². The summed E-state index contributed by atoms with van der Waals surface area (Å²) in [6, 6.07) is 1.52. The van der Waals surface area contributed by atoms with Gasteiger partial charge in [-0.3, -0.25) is 4.90 Å². The number of ether oxygens (including phenoxy) is 1. The van der Waals surface area contributed by atoms with Gasteiger partial charge in [0.25, 0.3) is 0 Å². The molecule has 5 nitrogen and oxygen atoms in total. The molecule has 2 heterocycles. The second kappa shape index (κ2) is 5.92. The Morgan fingerprint density at radius 1 is 1.39 bits per heavy atom. The van der Waals surface area contributed by atoms with Crippen molar-refractivity contribution in [3.05, 3.63) is 23.6 Å². The van der Waals surface area contributed by atoms with E-state index in [0.29, 0.717) is 15.8 Å². The summed E-state index contributed by atoms with van der Waals surface area (Å²) in [5.41, 5.74) is -0.616. The third-order valence-corrected chi connectivity index (χ3v) is 3.06. The lowest BCUT2D eigenvalue weighted by Crippen LogP contribution is -2.42. The highest BCUT2D eigenvalue weighted by molar-refractivity contribution is 6.34. The van der Waals surface area contributed by atoms with Crippen LogP contribution in [0.4, 0.5) is 23.7 Å². The lowest BCUT2D eigenvalue weighted by molar-refractivity contribution is -0.119. The van der Waals surface area contributed by atoms with Gasteiger partial charge < -0.3 is 9.72 Å². The van der Waals surface area contributed by atoms with Crippen LogP contribution < -0.4 is 4.90 Å².